The number of hydrogen-bond acceptors (Lipinski definition) is 7. The Morgan fingerprint density at radius 1 is 1.14 bits per heavy atom. The maximum atomic E-state index is 12.6. The van der Waals surface area contributed by atoms with Crippen LogP contribution in [0.5, 0.6) is 11.5 Å². The molecule has 5 rings (SSSR count). The lowest BCUT2D eigenvalue weighted by molar-refractivity contribution is -0.0277. The molecule has 1 aromatic heterocycles. The second-order valence-corrected chi connectivity index (χ2v) is 9.69. The molecule has 2 aromatic carbocycles. The van der Waals surface area contributed by atoms with Gasteiger partial charge in [-0.05, 0) is 67.6 Å². The molecule has 36 heavy (non-hydrogen) atoms. The molecule has 2 N–H and O–H groups in total. The molecule has 8 heteroatoms. The average molecular weight is 495 g/mol. The van der Waals surface area contributed by atoms with Gasteiger partial charge in [0, 0.05) is 43.7 Å². The number of rotatable bonds is 8. The van der Waals surface area contributed by atoms with Crippen LogP contribution in [0.2, 0.25) is 0 Å². The largest absolute Gasteiger partial charge is 0.497 e. The zero-order valence-electron chi connectivity index (χ0n) is 20.9. The van der Waals surface area contributed by atoms with Crippen LogP contribution in [0.1, 0.15) is 47.4 Å². The Bertz CT molecular complexity index is 1210. The number of fused-ring (bicyclic) bond motifs is 1. The van der Waals surface area contributed by atoms with Gasteiger partial charge in [0.2, 0.25) is 0 Å². The zero-order chi connectivity index (χ0) is 25.1. The maximum absolute atomic E-state index is 12.6. The topological polar surface area (TPSA) is 93.4 Å². The van der Waals surface area contributed by atoms with Gasteiger partial charge in [-0.3, -0.25) is 9.69 Å². The maximum Gasteiger partial charge on any atom is 0.287 e. The van der Waals surface area contributed by atoms with Crippen molar-refractivity contribution in [3.05, 3.63) is 59.4 Å². The van der Waals surface area contributed by atoms with Crippen LogP contribution >= 0.6 is 0 Å². The number of nitrogens with zero attached hydrogens (tertiary/aromatic N) is 1. The molecule has 192 valence electrons. The number of amides is 1. The van der Waals surface area contributed by atoms with Crippen molar-refractivity contribution in [3.8, 4) is 11.5 Å². The molecule has 0 saturated carbocycles. The number of likely N-dealkylation sites (tertiary alicyclic amines) is 1. The van der Waals surface area contributed by atoms with Crippen LogP contribution in [-0.4, -0.2) is 62.5 Å². The van der Waals surface area contributed by atoms with E-state index in [0.717, 1.165) is 67.1 Å². The Morgan fingerprint density at radius 3 is 2.69 bits per heavy atom. The van der Waals surface area contributed by atoms with Crippen LogP contribution < -0.4 is 14.8 Å². The predicted octanol–water partition coefficient (Wildman–Crippen LogP) is 3.84. The third kappa shape index (κ3) is 5.21. The smallest absolute Gasteiger partial charge is 0.287 e. The fourth-order valence-corrected chi connectivity index (χ4v) is 5.16. The summed E-state index contributed by atoms with van der Waals surface area (Å²) in [5.41, 5.74) is 1.61. The van der Waals surface area contributed by atoms with Gasteiger partial charge in [-0.25, -0.2) is 0 Å². The summed E-state index contributed by atoms with van der Waals surface area (Å²) in [5.74, 6) is 1.66. The van der Waals surface area contributed by atoms with E-state index in [1.54, 1.807) is 20.3 Å². The fourth-order valence-electron chi connectivity index (χ4n) is 5.16. The average Bonchev–Trinajstić information content (AvgIpc) is 3.58. The van der Waals surface area contributed by atoms with Crippen molar-refractivity contribution in [2.45, 2.75) is 43.9 Å². The van der Waals surface area contributed by atoms with E-state index in [1.807, 2.05) is 36.4 Å². The van der Waals surface area contributed by atoms with Crippen LogP contribution in [0.3, 0.4) is 0 Å². The van der Waals surface area contributed by atoms with Crippen molar-refractivity contribution in [1.82, 2.24) is 10.2 Å². The molecule has 1 unspecified atom stereocenters. The van der Waals surface area contributed by atoms with Gasteiger partial charge in [0.05, 0.1) is 25.9 Å². The lowest BCUT2D eigenvalue weighted by atomic mass is 9.84. The second-order valence-electron chi connectivity index (χ2n) is 9.69. The molecule has 8 nitrogen and oxygen atoms in total. The van der Waals surface area contributed by atoms with Gasteiger partial charge in [-0.2, -0.15) is 0 Å². The lowest BCUT2D eigenvalue weighted by Crippen LogP contribution is -2.42. The Kier molecular flexibility index (Phi) is 7.18. The summed E-state index contributed by atoms with van der Waals surface area (Å²) in [6.45, 7) is 3.46. The minimum absolute atomic E-state index is 0.0788. The molecule has 0 spiro atoms. The van der Waals surface area contributed by atoms with Gasteiger partial charge < -0.3 is 29.1 Å². The summed E-state index contributed by atoms with van der Waals surface area (Å²) in [5, 5.41) is 15.2. The van der Waals surface area contributed by atoms with Crippen molar-refractivity contribution in [3.63, 3.8) is 0 Å². The number of hydrogen-bond donors (Lipinski definition) is 2. The van der Waals surface area contributed by atoms with Gasteiger partial charge in [0.25, 0.3) is 5.91 Å². The molecule has 2 aliphatic heterocycles. The predicted molar refractivity (Wildman–Crippen MR) is 135 cm³/mol. The second kappa shape index (κ2) is 10.5. The molecular weight excluding hydrogens is 460 g/mol. The van der Waals surface area contributed by atoms with E-state index in [1.165, 1.54) is 0 Å². The lowest BCUT2D eigenvalue weighted by Gasteiger charge is -2.38. The highest BCUT2D eigenvalue weighted by atomic mass is 16.5. The monoisotopic (exact) mass is 494 g/mol. The Labute approximate surface area is 211 Å². The number of carbonyl (C=O) groups is 1. The van der Waals surface area contributed by atoms with Gasteiger partial charge in [-0.1, -0.05) is 6.07 Å². The van der Waals surface area contributed by atoms with Gasteiger partial charge >= 0.3 is 0 Å². The molecule has 0 aliphatic carbocycles. The number of benzene rings is 2. The number of methoxy groups -OCH3 is 2. The van der Waals surface area contributed by atoms with E-state index < -0.39 is 5.60 Å². The molecule has 2 aliphatic rings. The summed E-state index contributed by atoms with van der Waals surface area (Å²) >= 11 is 0. The summed E-state index contributed by atoms with van der Waals surface area (Å²) < 4.78 is 22.2. The minimum atomic E-state index is -0.928. The van der Waals surface area contributed by atoms with Gasteiger partial charge in [0.15, 0.2) is 5.76 Å². The van der Waals surface area contributed by atoms with Crippen molar-refractivity contribution in [1.29, 1.82) is 0 Å². The Balaban J connectivity index is 1.23. The van der Waals surface area contributed by atoms with E-state index in [4.69, 9.17) is 18.6 Å². The number of ether oxygens (including phenoxy) is 3. The van der Waals surface area contributed by atoms with Crippen molar-refractivity contribution >= 4 is 16.9 Å². The summed E-state index contributed by atoms with van der Waals surface area (Å²) in [4.78, 5) is 14.9. The Morgan fingerprint density at radius 2 is 1.97 bits per heavy atom. The fraction of sp³-hybridized carbons (Fsp3) is 0.464. The first-order chi connectivity index (χ1) is 17.5. The molecule has 1 amide bonds. The zero-order valence-corrected chi connectivity index (χ0v) is 20.9. The van der Waals surface area contributed by atoms with E-state index in [2.05, 4.69) is 10.2 Å². The third-order valence-electron chi connectivity index (χ3n) is 7.36. The number of carbonyl (C=O) groups excluding carboxylic acids is 1. The van der Waals surface area contributed by atoms with Crippen LogP contribution in [0.15, 0.2) is 46.9 Å². The van der Waals surface area contributed by atoms with Crippen molar-refractivity contribution in [2.75, 3.05) is 40.5 Å². The van der Waals surface area contributed by atoms with Gasteiger partial charge in [-0.15, -0.1) is 0 Å². The highest BCUT2D eigenvalue weighted by Crippen LogP contribution is 2.36. The first-order valence-corrected chi connectivity index (χ1v) is 12.6. The summed E-state index contributed by atoms with van der Waals surface area (Å²) in [6.07, 6.45) is 3.29. The van der Waals surface area contributed by atoms with Crippen molar-refractivity contribution in [2.24, 2.45) is 0 Å². The number of piperidine rings is 1. The first-order valence-electron chi connectivity index (χ1n) is 12.6. The van der Waals surface area contributed by atoms with E-state index in [0.29, 0.717) is 25.0 Å². The van der Waals surface area contributed by atoms with E-state index >= 15 is 0 Å². The number of furan rings is 1. The minimum Gasteiger partial charge on any atom is -0.497 e. The highest BCUT2D eigenvalue weighted by molar-refractivity contribution is 5.96. The van der Waals surface area contributed by atoms with Crippen molar-refractivity contribution < 1.29 is 28.5 Å². The molecule has 3 aromatic rings. The normalized spacial score (nSPS) is 19.9. The molecular formula is C28H34N2O6. The molecule has 2 fully saturated rings. The van der Waals surface area contributed by atoms with Crippen LogP contribution in [0.25, 0.3) is 11.0 Å². The number of aliphatic hydroxyl groups is 1. The summed E-state index contributed by atoms with van der Waals surface area (Å²) in [7, 11) is 3.33. The van der Waals surface area contributed by atoms with E-state index in [9.17, 15) is 9.90 Å². The van der Waals surface area contributed by atoms with E-state index in [-0.39, 0.29) is 17.8 Å². The number of nitrogens with one attached hydrogen (secondary N) is 1. The highest BCUT2D eigenvalue weighted by Gasteiger charge is 2.34. The van der Waals surface area contributed by atoms with Crippen LogP contribution in [0, 0.1) is 0 Å². The first kappa shape index (κ1) is 24.6. The molecule has 0 bridgehead atoms. The third-order valence-corrected chi connectivity index (χ3v) is 7.36. The van der Waals surface area contributed by atoms with Crippen LogP contribution in [0.4, 0.5) is 0 Å². The summed E-state index contributed by atoms with van der Waals surface area (Å²) in [6, 6.07) is 13.2. The van der Waals surface area contributed by atoms with Gasteiger partial charge in [0.1, 0.15) is 17.1 Å². The molecule has 2 saturated heterocycles. The molecule has 3 heterocycles. The Hall–Kier alpha value is -3.07. The molecule has 0 radical (unpaired) electrons. The standard InChI is InChI=1S/C28H34N2O6/c1-33-22-6-8-24(34-2)20(15-22)18-30-11-9-28(32,10-12-30)21-5-7-25-19(14-21)16-26(36-25)27(31)29-17-23-4-3-13-35-23/h5-8,14-16,23,32H,3-4,9-13,17-18H2,1-2H3,(H,29,31). The SMILES string of the molecule is COc1ccc(OC)c(CN2CCC(O)(c3ccc4oc(C(=O)NCC5CCCO5)cc4c3)CC2)c1. The quantitative estimate of drug-likeness (QED) is 0.491. The molecule has 1 atom stereocenters. The van der Waals surface area contributed by atoms with Crippen LogP contribution in [-0.2, 0) is 16.9 Å².